The number of nitrogens with zero attached hydrogens (tertiary/aromatic N) is 3. The molecule has 0 aliphatic carbocycles. The Labute approximate surface area is 172 Å². The number of furan rings is 1. The van der Waals surface area contributed by atoms with Gasteiger partial charge in [0, 0.05) is 26.2 Å². The van der Waals surface area contributed by atoms with E-state index in [-0.39, 0.29) is 24.3 Å². The van der Waals surface area contributed by atoms with E-state index in [0.717, 1.165) is 11.3 Å². The zero-order chi connectivity index (χ0) is 20.2. The summed E-state index contributed by atoms with van der Waals surface area (Å²) in [6.07, 6.45) is 1.47. The lowest BCUT2D eigenvalue weighted by atomic mass is 10.1. The minimum atomic E-state index is -0.167. The molecule has 1 fully saturated rings. The molecule has 0 saturated carbocycles. The van der Waals surface area contributed by atoms with Gasteiger partial charge in [0.1, 0.15) is 6.54 Å². The third kappa shape index (κ3) is 4.22. The van der Waals surface area contributed by atoms with E-state index in [2.05, 4.69) is 0 Å². The van der Waals surface area contributed by atoms with Gasteiger partial charge >= 0.3 is 0 Å². The molecule has 0 atom stereocenters. The molecule has 0 unspecified atom stereocenters. The van der Waals surface area contributed by atoms with E-state index < -0.39 is 0 Å². The summed E-state index contributed by atoms with van der Waals surface area (Å²) >= 11 is 1.44. The lowest BCUT2D eigenvalue weighted by molar-refractivity contribution is -0.137. The van der Waals surface area contributed by atoms with Gasteiger partial charge in [-0.25, -0.2) is 0 Å². The fraction of sp³-hybridized carbons (Fsp3) is 0.286. The fourth-order valence-electron chi connectivity index (χ4n) is 3.42. The van der Waals surface area contributed by atoms with Gasteiger partial charge in [-0.15, -0.1) is 11.8 Å². The average molecular weight is 411 g/mol. The second kappa shape index (κ2) is 8.57. The van der Waals surface area contributed by atoms with Crippen LogP contribution in [0.1, 0.15) is 16.1 Å². The summed E-state index contributed by atoms with van der Waals surface area (Å²) < 4.78 is 5.16. The van der Waals surface area contributed by atoms with Gasteiger partial charge in [-0.3, -0.25) is 14.4 Å². The highest BCUT2D eigenvalue weighted by Crippen LogP contribution is 2.28. The van der Waals surface area contributed by atoms with E-state index in [9.17, 15) is 14.4 Å². The van der Waals surface area contributed by atoms with Gasteiger partial charge in [0.05, 0.1) is 17.7 Å². The molecule has 1 saturated heterocycles. The van der Waals surface area contributed by atoms with Crippen LogP contribution in [0.2, 0.25) is 0 Å². The van der Waals surface area contributed by atoms with Crippen LogP contribution in [-0.4, -0.2) is 70.9 Å². The van der Waals surface area contributed by atoms with Crippen LogP contribution in [0, 0.1) is 0 Å². The summed E-state index contributed by atoms with van der Waals surface area (Å²) in [4.78, 5) is 42.7. The summed E-state index contributed by atoms with van der Waals surface area (Å²) in [5.74, 6) is 0.279. The van der Waals surface area contributed by atoms with Crippen molar-refractivity contribution in [2.24, 2.45) is 0 Å². The number of hydrogen-bond donors (Lipinski definition) is 0. The minimum absolute atomic E-state index is 0.00620. The van der Waals surface area contributed by atoms with Gasteiger partial charge in [-0.1, -0.05) is 30.3 Å². The minimum Gasteiger partial charge on any atom is -0.459 e. The highest BCUT2D eigenvalue weighted by molar-refractivity contribution is 8.03. The Morgan fingerprint density at radius 3 is 2.38 bits per heavy atom. The highest BCUT2D eigenvalue weighted by Gasteiger charge is 2.30. The molecule has 1 aromatic carbocycles. The summed E-state index contributed by atoms with van der Waals surface area (Å²) in [5, 5.41) is 1.93. The average Bonchev–Trinajstić information content (AvgIpc) is 3.30. The second-order valence-electron chi connectivity index (χ2n) is 6.81. The zero-order valence-electron chi connectivity index (χ0n) is 15.8. The van der Waals surface area contributed by atoms with E-state index in [1.807, 2.05) is 35.7 Å². The number of carbonyl (C=O) groups is 3. The van der Waals surface area contributed by atoms with Crippen LogP contribution in [0.25, 0.3) is 5.70 Å². The van der Waals surface area contributed by atoms with Crippen molar-refractivity contribution in [2.45, 2.75) is 0 Å². The standard InChI is InChI=1S/C21H21N3O4S/c25-19(22-8-10-23(11-9-22)21(27)18-7-4-12-28-18)13-24-17(14-29-15-20(24)26)16-5-2-1-3-6-16/h1-7,12,14H,8-11,13,15H2. The molecular formula is C21H21N3O4S. The number of rotatable bonds is 4. The van der Waals surface area contributed by atoms with Gasteiger partial charge in [-0.05, 0) is 23.1 Å². The van der Waals surface area contributed by atoms with E-state index in [1.54, 1.807) is 26.8 Å². The number of amides is 3. The molecule has 3 heterocycles. The number of carbonyl (C=O) groups excluding carboxylic acids is 3. The molecule has 0 N–H and O–H groups in total. The molecule has 2 aromatic rings. The molecular weight excluding hydrogens is 390 g/mol. The molecule has 2 aliphatic rings. The first kappa shape index (κ1) is 19.3. The normalized spacial score (nSPS) is 17.3. The van der Waals surface area contributed by atoms with Crippen LogP contribution < -0.4 is 0 Å². The summed E-state index contributed by atoms with van der Waals surface area (Å²) in [7, 11) is 0. The largest absolute Gasteiger partial charge is 0.459 e. The first-order valence-electron chi connectivity index (χ1n) is 9.41. The molecule has 0 radical (unpaired) electrons. The number of piperazine rings is 1. The van der Waals surface area contributed by atoms with Gasteiger partial charge in [0.25, 0.3) is 5.91 Å². The maximum absolute atomic E-state index is 12.9. The molecule has 2 aliphatic heterocycles. The van der Waals surface area contributed by atoms with E-state index in [0.29, 0.717) is 37.7 Å². The molecule has 1 aromatic heterocycles. The first-order chi connectivity index (χ1) is 14.1. The lowest BCUT2D eigenvalue weighted by Crippen LogP contribution is -2.53. The fourth-order valence-corrected chi connectivity index (χ4v) is 4.23. The quantitative estimate of drug-likeness (QED) is 0.771. The first-order valence-corrected chi connectivity index (χ1v) is 10.5. The monoisotopic (exact) mass is 411 g/mol. The number of thioether (sulfide) groups is 1. The Morgan fingerprint density at radius 1 is 0.966 bits per heavy atom. The molecule has 0 spiro atoms. The van der Waals surface area contributed by atoms with E-state index in [1.165, 1.54) is 18.0 Å². The van der Waals surface area contributed by atoms with Crippen molar-refractivity contribution >= 4 is 35.2 Å². The number of hydrogen-bond acceptors (Lipinski definition) is 5. The van der Waals surface area contributed by atoms with Crippen molar-refractivity contribution in [3.63, 3.8) is 0 Å². The third-order valence-electron chi connectivity index (χ3n) is 5.01. The Hall–Kier alpha value is -3.00. The Kier molecular flexibility index (Phi) is 5.71. The van der Waals surface area contributed by atoms with Crippen LogP contribution >= 0.6 is 11.8 Å². The number of benzene rings is 1. The predicted octanol–water partition coefficient (Wildman–Crippen LogP) is 2.14. The maximum atomic E-state index is 12.9. The van der Waals surface area contributed by atoms with Crippen LogP contribution in [0.4, 0.5) is 0 Å². The van der Waals surface area contributed by atoms with Gasteiger partial charge in [0.2, 0.25) is 11.8 Å². The van der Waals surface area contributed by atoms with Crippen LogP contribution in [0.3, 0.4) is 0 Å². The van der Waals surface area contributed by atoms with E-state index in [4.69, 9.17) is 4.42 Å². The molecule has 3 amide bonds. The zero-order valence-corrected chi connectivity index (χ0v) is 16.6. The molecule has 150 valence electrons. The summed E-state index contributed by atoms with van der Waals surface area (Å²) in [6, 6.07) is 12.9. The maximum Gasteiger partial charge on any atom is 0.289 e. The Balaban J connectivity index is 1.39. The smallest absolute Gasteiger partial charge is 0.289 e. The predicted molar refractivity (Wildman–Crippen MR) is 110 cm³/mol. The van der Waals surface area contributed by atoms with Crippen LogP contribution in [-0.2, 0) is 9.59 Å². The van der Waals surface area contributed by atoms with Crippen molar-refractivity contribution < 1.29 is 18.8 Å². The molecule has 8 heteroatoms. The highest BCUT2D eigenvalue weighted by atomic mass is 32.2. The Morgan fingerprint density at radius 2 is 1.69 bits per heavy atom. The lowest BCUT2D eigenvalue weighted by Gasteiger charge is -2.36. The summed E-state index contributed by atoms with van der Waals surface area (Å²) in [6.45, 7) is 1.76. The van der Waals surface area contributed by atoms with Crippen molar-refractivity contribution in [2.75, 3.05) is 38.5 Å². The molecule has 4 rings (SSSR count). The van der Waals surface area contributed by atoms with Crippen LogP contribution in [0.5, 0.6) is 0 Å². The topological polar surface area (TPSA) is 74.1 Å². The van der Waals surface area contributed by atoms with Gasteiger partial charge in [-0.2, -0.15) is 0 Å². The van der Waals surface area contributed by atoms with E-state index >= 15 is 0 Å². The molecule has 29 heavy (non-hydrogen) atoms. The Bertz CT molecular complexity index is 919. The van der Waals surface area contributed by atoms with Gasteiger partial charge in [0.15, 0.2) is 5.76 Å². The molecule has 7 nitrogen and oxygen atoms in total. The summed E-state index contributed by atoms with van der Waals surface area (Å²) in [5.41, 5.74) is 1.67. The SMILES string of the molecule is O=C(CN1C(=O)CSC=C1c1ccccc1)N1CCN(C(=O)c2ccco2)CC1. The van der Waals surface area contributed by atoms with Crippen molar-refractivity contribution in [1.29, 1.82) is 0 Å². The molecule has 0 bridgehead atoms. The van der Waals surface area contributed by atoms with Crippen molar-refractivity contribution in [3.8, 4) is 0 Å². The van der Waals surface area contributed by atoms with Gasteiger partial charge < -0.3 is 19.1 Å². The van der Waals surface area contributed by atoms with Crippen LogP contribution in [0.15, 0.2) is 58.6 Å². The van der Waals surface area contributed by atoms with Crippen molar-refractivity contribution in [1.82, 2.24) is 14.7 Å². The van der Waals surface area contributed by atoms with Crippen molar-refractivity contribution in [3.05, 3.63) is 65.5 Å². The third-order valence-corrected chi connectivity index (χ3v) is 5.81. The second-order valence-corrected chi connectivity index (χ2v) is 7.67.